The molecule has 0 aliphatic heterocycles. The molecule has 0 rings (SSSR count). The number of ether oxygens (including phenoxy) is 3. The van der Waals surface area contributed by atoms with Crippen molar-refractivity contribution in [3.8, 4) is 0 Å². The third kappa shape index (κ3) is 51.6. The molecule has 0 amide bonds. The van der Waals surface area contributed by atoms with Crippen LogP contribution in [0.4, 0.5) is 0 Å². The summed E-state index contributed by atoms with van der Waals surface area (Å²) < 4.78 is 16.8. The van der Waals surface area contributed by atoms with Crippen LogP contribution in [-0.4, -0.2) is 37.2 Å². The molecule has 0 spiro atoms. The molecule has 0 saturated heterocycles. The minimum absolute atomic E-state index is 0.0900. The summed E-state index contributed by atoms with van der Waals surface area (Å²) >= 11 is 0. The molecule has 0 fully saturated rings. The van der Waals surface area contributed by atoms with E-state index in [0.717, 1.165) is 116 Å². The van der Waals surface area contributed by atoms with Crippen molar-refractivity contribution in [2.24, 2.45) is 0 Å². The van der Waals surface area contributed by atoms with Crippen molar-refractivity contribution < 1.29 is 28.6 Å². The highest BCUT2D eigenvalue weighted by Gasteiger charge is 2.19. The number of esters is 3. The second kappa shape index (κ2) is 54.2. The molecule has 0 aromatic rings. The number of hydrogen-bond donors (Lipinski definition) is 0. The third-order valence-electron chi connectivity index (χ3n) is 11.6. The first kappa shape index (κ1) is 62.6. The van der Waals surface area contributed by atoms with Crippen molar-refractivity contribution in [2.75, 3.05) is 13.2 Å². The van der Waals surface area contributed by atoms with Crippen LogP contribution < -0.4 is 0 Å². The van der Waals surface area contributed by atoms with Crippen LogP contribution in [0.5, 0.6) is 0 Å². The summed E-state index contributed by atoms with van der Waals surface area (Å²) in [6.07, 6.45) is 70.0. The third-order valence-corrected chi connectivity index (χ3v) is 11.6. The summed E-state index contributed by atoms with van der Waals surface area (Å²) in [5, 5.41) is 0. The summed E-state index contributed by atoms with van der Waals surface area (Å²) in [5.41, 5.74) is 0. The van der Waals surface area contributed by atoms with Crippen molar-refractivity contribution in [1.29, 1.82) is 0 Å². The second-order valence-electron chi connectivity index (χ2n) is 18.1. The van der Waals surface area contributed by atoms with E-state index in [0.29, 0.717) is 19.3 Å². The van der Waals surface area contributed by atoms with Crippen molar-refractivity contribution in [3.63, 3.8) is 0 Å². The van der Waals surface area contributed by atoms with Crippen molar-refractivity contribution in [3.05, 3.63) is 85.1 Å². The first-order chi connectivity index (χ1) is 32.5. The molecule has 0 saturated carbocycles. The highest BCUT2D eigenvalue weighted by Crippen LogP contribution is 2.15. The number of carbonyl (C=O) groups is 3. The molecule has 1 unspecified atom stereocenters. The zero-order valence-corrected chi connectivity index (χ0v) is 43.2. The number of unbranched alkanes of at least 4 members (excludes halogenated alkanes) is 24. The fraction of sp³-hybridized carbons (Fsp3) is 0.717. The molecule has 1 atom stereocenters. The van der Waals surface area contributed by atoms with E-state index in [2.05, 4.69) is 106 Å². The van der Waals surface area contributed by atoms with Gasteiger partial charge < -0.3 is 14.2 Å². The molecule has 0 aliphatic carbocycles. The fourth-order valence-corrected chi connectivity index (χ4v) is 7.57. The lowest BCUT2D eigenvalue weighted by atomic mass is 10.0. The lowest BCUT2D eigenvalue weighted by Crippen LogP contribution is -2.30. The number of hydrogen-bond acceptors (Lipinski definition) is 6. The number of rotatable bonds is 49. The van der Waals surface area contributed by atoms with Crippen molar-refractivity contribution >= 4 is 17.9 Å². The Morgan fingerprint density at radius 3 is 0.939 bits per heavy atom. The van der Waals surface area contributed by atoms with Crippen LogP contribution in [0.15, 0.2) is 85.1 Å². The van der Waals surface area contributed by atoms with Gasteiger partial charge in [0.15, 0.2) is 6.10 Å². The van der Waals surface area contributed by atoms with Gasteiger partial charge in [0.2, 0.25) is 0 Å². The summed E-state index contributed by atoms with van der Waals surface area (Å²) in [6.45, 7) is 6.40. The first-order valence-electron chi connectivity index (χ1n) is 27.6. The zero-order valence-electron chi connectivity index (χ0n) is 43.2. The van der Waals surface area contributed by atoms with E-state index < -0.39 is 6.10 Å². The number of allylic oxidation sites excluding steroid dienone is 14. The van der Waals surface area contributed by atoms with Gasteiger partial charge in [-0.1, -0.05) is 234 Å². The van der Waals surface area contributed by atoms with Gasteiger partial charge in [-0.05, 0) is 89.9 Å². The standard InChI is InChI=1S/C60H102O6/c1-4-7-10-13-16-19-22-25-28-29-30-31-33-35-38-41-44-47-50-53-59(62)65-56-57(55-64-58(61)52-49-46-43-40-37-34-27-24-21-18-15-12-9-6-3)66-60(63)54-51-48-45-42-39-36-32-26-23-20-17-14-11-8-5-2/h7,9-10,12,16,18-19,21,25,28,30-31,35,38,57H,4-6,8,11,13-15,17,20,22-24,26-27,29,32-34,36-37,39-56H2,1-3H3/b10-7-,12-9-,19-16-,21-18-,28-25-,31-30-,38-35-. The van der Waals surface area contributed by atoms with E-state index in [1.165, 1.54) is 103 Å². The monoisotopic (exact) mass is 919 g/mol. The smallest absolute Gasteiger partial charge is 0.306 e. The average Bonchev–Trinajstić information content (AvgIpc) is 3.31. The Kier molecular flexibility index (Phi) is 51.4. The molecule has 0 aromatic heterocycles. The maximum atomic E-state index is 12.8. The van der Waals surface area contributed by atoms with Crippen LogP contribution in [0.25, 0.3) is 0 Å². The Bertz CT molecular complexity index is 1290. The molecule has 0 aliphatic rings. The highest BCUT2D eigenvalue weighted by atomic mass is 16.6. The molecule has 6 heteroatoms. The van der Waals surface area contributed by atoms with Gasteiger partial charge in [0, 0.05) is 19.3 Å². The molecular weight excluding hydrogens is 817 g/mol. The summed E-state index contributed by atoms with van der Waals surface area (Å²) in [4.78, 5) is 38.1. The molecule has 6 nitrogen and oxygen atoms in total. The summed E-state index contributed by atoms with van der Waals surface area (Å²) in [6, 6.07) is 0. The molecule has 0 bridgehead atoms. The summed E-state index contributed by atoms with van der Waals surface area (Å²) in [7, 11) is 0. The number of carbonyl (C=O) groups excluding carboxylic acids is 3. The minimum Gasteiger partial charge on any atom is -0.462 e. The van der Waals surface area contributed by atoms with Gasteiger partial charge in [0.05, 0.1) is 0 Å². The molecular formula is C60H102O6. The molecule has 66 heavy (non-hydrogen) atoms. The second-order valence-corrected chi connectivity index (χ2v) is 18.1. The predicted molar refractivity (Wildman–Crippen MR) is 284 cm³/mol. The normalized spacial score (nSPS) is 12.7. The Hall–Kier alpha value is -3.41. The van der Waals surface area contributed by atoms with Crippen LogP contribution in [0.2, 0.25) is 0 Å². The Morgan fingerprint density at radius 2 is 0.591 bits per heavy atom. The summed E-state index contributed by atoms with van der Waals surface area (Å²) in [5.74, 6) is -0.925. The quantitative estimate of drug-likeness (QED) is 0.0262. The maximum absolute atomic E-state index is 12.8. The van der Waals surface area contributed by atoms with Gasteiger partial charge in [-0.25, -0.2) is 0 Å². The van der Waals surface area contributed by atoms with Crippen LogP contribution in [0.1, 0.15) is 258 Å². The van der Waals surface area contributed by atoms with E-state index >= 15 is 0 Å². The molecule has 0 heterocycles. The van der Waals surface area contributed by atoms with E-state index in [4.69, 9.17) is 14.2 Å². The lowest BCUT2D eigenvalue weighted by molar-refractivity contribution is -0.167. The SMILES string of the molecule is CC/C=C\C/C=C\C/C=C\C/C=C\C/C=C\CCCCCC(=O)OCC(COC(=O)CCCCCCCCC/C=C\C/C=C\CC)OC(=O)CCCCCCCCCCCCCCCCC. The van der Waals surface area contributed by atoms with Gasteiger partial charge in [0.25, 0.3) is 0 Å². The first-order valence-corrected chi connectivity index (χ1v) is 27.6. The van der Waals surface area contributed by atoms with Gasteiger partial charge >= 0.3 is 17.9 Å². The van der Waals surface area contributed by atoms with Gasteiger partial charge in [0.1, 0.15) is 13.2 Å². The van der Waals surface area contributed by atoms with E-state index in [9.17, 15) is 14.4 Å². The van der Waals surface area contributed by atoms with E-state index in [1.54, 1.807) is 0 Å². The molecule has 0 radical (unpaired) electrons. The Balaban J connectivity index is 4.44. The van der Waals surface area contributed by atoms with Crippen molar-refractivity contribution in [2.45, 2.75) is 264 Å². The highest BCUT2D eigenvalue weighted by molar-refractivity contribution is 5.71. The van der Waals surface area contributed by atoms with Crippen LogP contribution in [-0.2, 0) is 28.6 Å². The van der Waals surface area contributed by atoms with Crippen LogP contribution >= 0.6 is 0 Å². The minimum atomic E-state index is -0.792. The van der Waals surface area contributed by atoms with Crippen molar-refractivity contribution in [1.82, 2.24) is 0 Å². The topological polar surface area (TPSA) is 78.9 Å². The van der Waals surface area contributed by atoms with Gasteiger partial charge in [-0.3, -0.25) is 14.4 Å². The molecule has 378 valence electrons. The van der Waals surface area contributed by atoms with Gasteiger partial charge in [-0.15, -0.1) is 0 Å². The van der Waals surface area contributed by atoms with E-state index in [-0.39, 0.29) is 31.1 Å². The average molecular weight is 919 g/mol. The Labute approximate surface area is 407 Å². The zero-order chi connectivity index (χ0) is 47.9. The Morgan fingerprint density at radius 1 is 0.318 bits per heavy atom. The predicted octanol–water partition coefficient (Wildman–Crippen LogP) is 18.4. The lowest BCUT2D eigenvalue weighted by Gasteiger charge is -2.18. The molecule has 0 aromatic carbocycles. The van der Waals surface area contributed by atoms with Gasteiger partial charge in [-0.2, -0.15) is 0 Å². The van der Waals surface area contributed by atoms with Crippen LogP contribution in [0.3, 0.4) is 0 Å². The van der Waals surface area contributed by atoms with Crippen LogP contribution in [0, 0.1) is 0 Å². The maximum Gasteiger partial charge on any atom is 0.306 e. The molecule has 0 N–H and O–H groups in total. The fourth-order valence-electron chi connectivity index (χ4n) is 7.57. The largest absolute Gasteiger partial charge is 0.462 e. The van der Waals surface area contributed by atoms with E-state index in [1.807, 2.05) is 0 Å².